The number of anilines is 1. The van der Waals surface area contributed by atoms with Gasteiger partial charge in [0.05, 0.1) is 22.2 Å². The van der Waals surface area contributed by atoms with Crippen LogP contribution in [-0.2, 0) is 7.05 Å². The highest BCUT2D eigenvalue weighted by molar-refractivity contribution is 6.00. The number of nitro groups is 1. The van der Waals surface area contributed by atoms with Gasteiger partial charge < -0.3 is 11.1 Å². The smallest absolute Gasteiger partial charge is 0.270 e. The van der Waals surface area contributed by atoms with Crippen LogP contribution in [0, 0.1) is 24.0 Å². The monoisotopic (exact) mass is 331 g/mol. The fourth-order valence-corrected chi connectivity index (χ4v) is 2.76. The maximum absolute atomic E-state index is 12.6. The lowest BCUT2D eigenvalue weighted by molar-refractivity contribution is -0.384. The third-order valence-electron chi connectivity index (χ3n) is 4.12. The first kappa shape index (κ1) is 17.5. The Balaban J connectivity index is 2.33. The molecule has 0 spiro atoms. The van der Waals surface area contributed by atoms with Crippen LogP contribution in [0.15, 0.2) is 18.2 Å². The quantitative estimate of drug-likeness (QED) is 0.496. The van der Waals surface area contributed by atoms with Crippen molar-refractivity contribution in [1.82, 2.24) is 15.1 Å². The van der Waals surface area contributed by atoms with E-state index in [9.17, 15) is 14.9 Å². The van der Waals surface area contributed by atoms with E-state index in [1.54, 1.807) is 4.68 Å². The van der Waals surface area contributed by atoms with E-state index in [1.807, 2.05) is 27.8 Å². The summed E-state index contributed by atoms with van der Waals surface area (Å²) < 4.78 is 1.77. The van der Waals surface area contributed by atoms with E-state index in [2.05, 4.69) is 10.4 Å². The number of nitrogens with zero attached hydrogens (tertiary/aromatic N) is 3. The van der Waals surface area contributed by atoms with Gasteiger partial charge in [0.15, 0.2) is 0 Å². The molecule has 0 bridgehead atoms. The summed E-state index contributed by atoms with van der Waals surface area (Å²) >= 11 is 0. The number of amides is 1. The summed E-state index contributed by atoms with van der Waals surface area (Å²) in [4.78, 5) is 22.9. The van der Waals surface area contributed by atoms with E-state index >= 15 is 0 Å². The predicted molar refractivity (Wildman–Crippen MR) is 90.7 cm³/mol. The molecule has 1 aromatic carbocycles. The zero-order valence-corrected chi connectivity index (χ0v) is 14.2. The van der Waals surface area contributed by atoms with Crippen molar-refractivity contribution >= 4 is 17.3 Å². The Morgan fingerprint density at radius 2 is 2.12 bits per heavy atom. The average molecular weight is 331 g/mol. The van der Waals surface area contributed by atoms with Crippen LogP contribution in [0.1, 0.15) is 46.7 Å². The molecule has 0 aliphatic carbocycles. The van der Waals surface area contributed by atoms with Gasteiger partial charge in [-0.25, -0.2) is 0 Å². The number of carbonyl (C=O) groups is 1. The number of nitro benzene ring substituents is 1. The lowest BCUT2D eigenvalue weighted by atomic mass is 10.0. The lowest BCUT2D eigenvalue weighted by Gasteiger charge is -2.18. The van der Waals surface area contributed by atoms with E-state index in [1.165, 1.54) is 18.2 Å². The first-order chi connectivity index (χ1) is 11.3. The van der Waals surface area contributed by atoms with Crippen molar-refractivity contribution in [3.8, 4) is 0 Å². The van der Waals surface area contributed by atoms with Crippen molar-refractivity contribution in [2.45, 2.75) is 33.2 Å². The van der Waals surface area contributed by atoms with Crippen LogP contribution in [-0.4, -0.2) is 20.6 Å². The summed E-state index contributed by atoms with van der Waals surface area (Å²) in [6.45, 7) is 5.78. The van der Waals surface area contributed by atoms with Crippen LogP contribution in [0.2, 0.25) is 0 Å². The van der Waals surface area contributed by atoms with Crippen molar-refractivity contribution in [3.05, 3.63) is 50.8 Å². The fourth-order valence-electron chi connectivity index (χ4n) is 2.76. The normalized spacial score (nSPS) is 12.0. The van der Waals surface area contributed by atoms with Crippen molar-refractivity contribution < 1.29 is 9.72 Å². The molecule has 0 aliphatic heterocycles. The minimum Gasteiger partial charge on any atom is -0.398 e. The van der Waals surface area contributed by atoms with Gasteiger partial charge in [0.25, 0.3) is 11.6 Å². The van der Waals surface area contributed by atoms with E-state index in [4.69, 9.17) is 5.73 Å². The van der Waals surface area contributed by atoms with Crippen LogP contribution in [0.5, 0.6) is 0 Å². The second-order valence-corrected chi connectivity index (χ2v) is 5.67. The molecule has 24 heavy (non-hydrogen) atoms. The molecule has 1 unspecified atom stereocenters. The molecule has 0 aliphatic rings. The van der Waals surface area contributed by atoms with E-state index in [-0.39, 0.29) is 23.0 Å². The molecule has 8 heteroatoms. The van der Waals surface area contributed by atoms with Gasteiger partial charge in [-0.15, -0.1) is 0 Å². The van der Waals surface area contributed by atoms with Gasteiger partial charge in [-0.05, 0) is 26.3 Å². The second-order valence-electron chi connectivity index (χ2n) is 5.67. The molecule has 2 aromatic rings. The first-order valence-corrected chi connectivity index (χ1v) is 7.61. The number of carbonyl (C=O) groups excluding carboxylic acids is 1. The Morgan fingerprint density at radius 3 is 2.62 bits per heavy atom. The minimum atomic E-state index is -0.553. The Kier molecular flexibility index (Phi) is 4.87. The standard InChI is InChI=1S/C16H21N5O3/c1-5-14(15-9(2)19-20(4)10(15)3)18-16(22)12-8-11(21(23)24)6-7-13(12)17/h6-8,14H,5,17H2,1-4H3,(H,18,22). The molecule has 0 saturated carbocycles. The SMILES string of the molecule is CCC(NC(=O)c1cc([N+](=O)[O-])ccc1N)c1c(C)nn(C)c1C. The minimum absolute atomic E-state index is 0.0989. The van der Waals surface area contributed by atoms with Gasteiger partial charge in [-0.3, -0.25) is 19.6 Å². The molecule has 1 amide bonds. The van der Waals surface area contributed by atoms with Crippen LogP contribution >= 0.6 is 0 Å². The predicted octanol–water partition coefficient (Wildman–Crippen LogP) is 2.41. The van der Waals surface area contributed by atoms with Crippen LogP contribution < -0.4 is 11.1 Å². The van der Waals surface area contributed by atoms with Gasteiger partial charge in [0.2, 0.25) is 0 Å². The summed E-state index contributed by atoms with van der Waals surface area (Å²) in [5.41, 5.74) is 8.70. The Labute approximate surface area is 139 Å². The van der Waals surface area contributed by atoms with Crippen LogP contribution in [0.4, 0.5) is 11.4 Å². The van der Waals surface area contributed by atoms with E-state index in [0.717, 1.165) is 17.0 Å². The summed E-state index contributed by atoms with van der Waals surface area (Å²) in [6, 6.07) is 3.60. The van der Waals surface area contributed by atoms with E-state index in [0.29, 0.717) is 6.42 Å². The Morgan fingerprint density at radius 1 is 1.46 bits per heavy atom. The maximum atomic E-state index is 12.6. The molecule has 1 aromatic heterocycles. The van der Waals surface area contributed by atoms with Crippen molar-refractivity contribution in [2.75, 3.05) is 5.73 Å². The summed E-state index contributed by atoms with van der Waals surface area (Å²) in [6.07, 6.45) is 0.661. The number of non-ortho nitro benzene ring substituents is 1. The van der Waals surface area contributed by atoms with Gasteiger partial charge in [0.1, 0.15) is 0 Å². The van der Waals surface area contributed by atoms with Crippen molar-refractivity contribution in [3.63, 3.8) is 0 Å². The highest BCUT2D eigenvalue weighted by atomic mass is 16.6. The maximum Gasteiger partial charge on any atom is 0.270 e. The lowest BCUT2D eigenvalue weighted by Crippen LogP contribution is -2.29. The molecular formula is C16H21N5O3. The Bertz CT molecular complexity index is 797. The van der Waals surface area contributed by atoms with Crippen molar-refractivity contribution in [1.29, 1.82) is 0 Å². The fraction of sp³-hybridized carbons (Fsp3) is 0.375. The second kappa shape index (κ2) is 6.69. The number of nitrogen functional groups attached to an aromatic ring is 1. The molecule has 0 radical (unpaired) electrons. The topological polar surface area (TPSA) is 116 Å². The highest BCUT2D eigenvalue weighted by Gasteiger charge is 2.23. The Hall–Kier alpha value is -2.90. The number of aromatic nitrogens is 2. The number of hydrogen-bond donors (Lipinski definition) is 2. The van der Waals surface area contributed by atoms with Crippen molar-refractivity contribution in [2.24, 2.45) is 7.05 Å². The molecule has 0 saturated heterocycles. The zero-order chi connectivity index (χ0) is 18.0. The number of nitrogens with one attached hydrogen (secondary N) is 1. The van der Waals surface area contributed by atoms with Crippen LogP contribution in [0.25, 0.3) is 0 Å². The summed E-state index contributed by atoms with van der Waals surface area (Å²) in [5, 5.41) is 18.2. The molecule has 128 valence electrons. The summed E-state index contributed by atoms with van der Waals surface area (Å²) in [7, 11) is 1.85. The van der Waals surface area contributed by atoms with Gasteiger partial charge in [0, 0.05) is 36.1 Å². The molecule has 2 rings (SSSR count). The summed E-state index contributed by atoms with van der Waals surface area (Å²) in [5.74, 6) is -0.439. The van der Waals surface area contributed by atoms with Gasteiger partial charge in [-0.1, -0.05) is 6.92 Å². The largest absolute Gasteiger partial charge is 0.398 e. The third kappa shape index (κ3) is 3.22. The first-order valence-electron chi connectivity index (χ1n) is 7.61. The van der Waals surface area contributed by atoms with Crippen LogP contribution in [0.3, 0.4) is 0 Å². The molecule has 0 fully saturated rings. The number of benzene rings is 1. The third-order valence-corrected chi connectivity index (χ3v) is 4.12. The number of nitrogens with two attached hydrogens (primary N) is 1. The number of aryl methyl sites for hydroxylation is 2. The zero-order valence-electron chi connectivity index (χ0n) is 14.2. The molecule has 8 nitrogen and oxygen atoms in total. The van der Waals surface area contributed by atoms with Gasteiger partial charge in [-0.2, -0.15) is 5.10 Å². The average Bonchev–Trinajstić information content (AvgIpc) is 2.78. The molecular weight excluding hydrogens is 310 g/mol. The number of hydrogen-bond acceptors (Lipinski definition) is 5. The highest BCUT2D eigenvalue weighted by Crippen LogP contribution is 2.25. The number of rotatable bonds is 5. The molecule has 3 N–H and O–H groups in total. The van der Waals surface area contributed by atoms with E-state index < -0.39 is 10.8 Å². The molecule has 1 atom stereocenters. The molecule has 1 heterocycles. The van der Waals surface area contributed by atoms with Gasteiger partial charge >= 0.3 is 0 Å².